The molecule has 0 aliphatic carbocycles. The lowest BCUT2D eigenvalue weighted by molar-refractivity contribution is 0.913. The first-order chi connectivity index (χ1) is 6.36. The Kier molecular flexibility index (Phi) is 1.71. The van der Waals surface area contributed by atoms with Crippen molar-refractivity contribution < 1.29 is 0 Å². The molecule has 4 nitrogen and oxygen atoms in total. The molecular formula is C9H8N4. The lowest BCUT2D eigenvalue weighted by atomic mass is 10.3. The van der Waals surface area contributed by atoms with E-state index in [4.69, 9.17) is 5.26 Å². The Labute approximate surface area is 75.4 Å². The summed E-state index contributed by atoms with van der Waals surface area (Å²) >= 11 is 0. The minimum absolute atomic E-state index is 0.540. The molecule has 2 rings (SSSR count). The lowest BCUT2D eigenvalue weighted by Crippen LogP contribution is -1.93. The third-order valence-electron chi connectivity index (χ3n) is 1.91. The Hall–Kier alpha value is -1.89. The van der Waals surface area contributed by atoms with Gasteiger partial charge in [-0.1, -0.05) is 6.92 Å². The average molecular weight is 172 g/mol. The molecule has 0 amide bonds. The van der Waals surface area contributed by atoms with Gasteiger partial charge in [-0.15, -0.1) is 0 Å². The predicted octanol–water partition coefficient (Wildman–Crippen LogP) is 1.16. The summed E-state index contributed by atoms with van der Waals surface area (Å²) in [5.41, 5.74) is 2.08. The number of aromatic nitrogens is 3. The zero-order valence-electron chi connectivity index (χ0n) is 7.23. The van der Waals surface area contributed by atoms with Crippen LogP contribution in [-0.2, 0) is 6.42 Å². The topological polar surface area (TPSA) is 54.0 Å². The van der Waals surface area contributed by atoms with Crippen LogP contribution in [0.1, 0.15) is 18.3 Å². The molecule has 0 atom stereocenters. The number of aryl methyl sites for hydroxylation is 1. The highest BCUT2D eigenvalue weighted by Gasteiger charge is 2.09. The molecule has 0 unspecified atom stereocenters. The van der Waals surface area contributed by atoms with Crippen LogP contribution >= 0.6 is 0 Å². The summed E-state index contributed by atoms with van der Waals surface area (Å²) in [5, 5.41) is 12.9. The minimum atomic E-state index is 0.540. The van der Waals surface area contributed by atoms with Gasteiger partial charge in [-0.05, 0) is 18.6 Å². The molecule has 0 spiro atoms. The molecule has 0 N–H and O–H groups in total. The van der Waals surface area contributed by atoms with Gasteiger partial charge in [-0.2, -0.15) is 10.4 Å². The maximum Gasteiger partial charge on any atom is 0.165 e. The first-order valence-corrected chi connectivity index (χ1v) is 4.09. The fourth-order valence-electron chi connectivity index (χ4n) is 1.29. The quantitative estimate of drug-likeness (QED) is 0.648. The van der Waals surface area contributed by atoms with E-state index < -0.39 is 0 Å². The van der Waals surface area contributed by atoms with Gasteiger partial charge >= 0.3 is 0 Å². The second-order valence-electron chi connectivity index (χ2n) is 2.67. The summed E-state index contributed by atoms with van der Waals surface area (Å²) in [5.74, 6) is 0. The second kappa shape index (κ2) is 2.87. The Morgan fingerprint density at radius 2 is 2.46 bits per heavy atom. The van der Waals surface area contributed by atoms with Gasteiger partial charge in [0.1, 0.15) is 6.07 Å². The Morgan fingerprint density at radius 3 is 3.15 bits per heavy atom. The minimum Gasteiger partial charge on any atom is -0.231 e. The van der Waals surface area contributed by atoms with E-state index in [1.165, 1.54) is 0 Å². The Balaban J connectivity index is 2.83. The number of hydrogen-bond acceptors (Lipinski definition) is 3. The second-order valence-corrected chi connectivity index (χ2v) is 2.67. The molecule has 0 bridgehead atoms. The van der Waals surface area contributed by atoms with Crippen molar-refractivity contribution in [3.8, 4) is 6.07 Å². The molecule has 2 aromatic heterocycles. The van der Waals surface area contributed by atoms with Gasteiger partial charge in [0, 0.05) is 6.20 Å². The number of nitriles is 1. The van der Waals surface area contributed by atoms with E-state index in [1.54, 1.807) is 10.7 Å². The standard InChI is InChI=1S/C9H8N4/c1-2-7-8(6-10)13-9(12-7)4-3-5-11-13/h3-5H,2H2,1H3. The summed E-state index contributed by atoms with van der Waals surface area (Å²) < 4.78 is 1.57. The third kappa shape index (κ3) is 1.05. The van der Waals surface area contributed by atoms with Gasteiger partial charge in [0.05, 0.1) is 5.69 Å². The van der Waals surface area contributed by atoms with Gasteiger partial charge in [-0.25, -0.2) is 9.50 Å². The van der Waals surface area contributed by atoms with Gasteiger partial charge in [0.15, 0.2) is 11.3 Å². The van der Waals surface area contributed by atoms with E-state index in [2.05, 4.69) is 16.2 Å². The van der Waals surface area contributed by atoms with Crippen LogP contribution < -0.4 is 0 Å². The van der Waals surface area contributed by atoms with E-state index in [0.29, 0.717) is 5.69 Å². The van der Waals surface area contributed by atoms with Crippen molar-refractivity contribution in [1.82, 2.24) is 14.6 Å². The highest BCUT2D eigenvalue weighted by molar-refractivity contribution is 5.45. The predicted molar refractivity (Wildman–Crippen MR) is 47.1 cm³/mol. The Morgan fingerprint density at radius 1 is 1.62 bits per heavy atom. The molecule has 0 fully saturated rings. The molecule has 0 aromatic carbocycles. The SMILES string of the molecule is CCc1nc2cccnn2c1C#N. The molecule has 64 valence electrons. The maximum absolute atomic E-state index is 8.89. The van der Waals surface area contributed by atoms with Crippen molar-refractivity contribution in [3.05, 3.63) is 29.7 Å². The lowest BCUT2D eigenvalue weighted by Gasteiger charge is -1.90. The van der Waals surface area contributed by atoms with Crippen LogP contribution in [0.15, 0.2) is 18.3 Å². The van der Waals surface area contributed by atoms with Gasteiger partial charge < -0.3 is 0 Å². The smallest absolute Gasteiger partial charge is 0.165 e. The maximum atomic E-state index is 8.89. The zero-order valence-corrected chi connectivity index (χ0v) is 7.23. The van der Waals surface area contributed by atoms with Crippen molar-refractivity contribution in [2.75, 3.05) is 0 Å². The van der Waals surface area contributed by atoms with Crippen LogP contribution in [0.5, 0.6) is 0 Å². The van der Waals surface area contributed by atoms with Crippen LogP contribution in [0.3, 0.4) is 0 Å². The fourth-order valence-corrected chi connectivity index (χ4v) is 1.29. The van der Waals surface area contributed by atoms with Crippen LogP contribution in [-0.4, -0.2) is 14.6 Å². The van der Waals surface area contributed by atoms with Gasteiger partial charge in [0.2, 0.25) is 0 Å². The number of hydrogen-bond donors (Lipinski definition) is 0. The number of imidazole rings is 1. The van der Waals surface area contributed by atoms with E-state index >= 15 is 0 Å². The van der Waals surface area contributed by atoms with Gasteiger partial charge in [0.25, 0.3) is 0 Å². The van der Waals surface area contributed by atoms with Crippen LogP contribution in [0.2, 0.25) is 0 Å². The highest BCUT2D eigenvalue weighted by atomic mass is 15.3. The monoisotopic (exact) mass is 172 g/mol. The summed E-state index contributed by atoms with van der Waals surface area (Å²) in [7, 11) is 0. The summed E-state index contributed by atoms with van der Waals surface area (Å²) in [6, 6.07) is 5.76. The molecule has 2 aromatic rings. The molecule has 0 aliphatic heterocycles. The largest absolute Gasteiger partial charge is 0.231 e. The normalized spacial score (nSPS) is 10.2. The summed E-state index contributed by atoms with van der Waals surface area (Å²) in [6.45, 7) is 1.97. The van der Waals surface area contributed by atoms with E-state index in [0.717, 1.165) is 17.8 Å². The first kappa shape index (κ1) is 7.74. The van der Waals surface area contributed by atoms with Crippen LogP contribution in [0, 0.1) is 11.3 Å². The van der Waals surface area contributed by atoms with Crippen molar-refractivity contribution in [2.24, 2.45) is 0 Å². The van der Waals surface area contributed by atoms with Crippen LogP contribution in [0.4, 0.5) is 0 Å². The highest BCUT2D eigenvalue weighted by Crippen LogP contribution is 2.09. The first-order valence-electron chi connectivity index (χ1n) is 4.09. The van der Waals surface area contributed by atoms with E-state index in [9.17, 15) is 0 Å². The molecule has 0 aliphatic rings. The van der Waals surface area contributed by atoms with Gasteiger partial charge in [-0.3, -0.25) is 0 Å². The zero-order chi connectivity index (χ0) is 9.26. The molecule has 4 heteroatoms. The fraction of sp³-hybridized carbons (Fsp3) is 0.222. The Bertz CT molecular complexity index is 478. The molecule has 2 heterocycles. The van der Waals surface area contributed by atoms with Crippen molar-refractivity contribution in [1.29, 1.82) is 5.26 Å². The van der Waals surface area contributed by atoms with Crippen molar-refractivity contribution in [2.45, 2.75) is 13.3 Å². The number of nitrogens with zero attached hydrogens (tertiary/aromatic N) is 4. The molecule has 0 saturated carbocycles. The van der Waals surface area contributed by atoms with E-state index in [1.807, 2.05) is 19.1 Å². The number of fused-ring (bicyclic) bond motifs is 1. The van der Waals surface area contributed by atoms with Crippen LogP contribution in [0.25, 0.3) is 5.65 Å². The van der Waals surface area contributed by atoms with Crippen molar-refractivity contribution >= 4 is 5.65 Å². The summed E-state index contributed by atoms with van der Waals surface area (Å²) in [4.78, 5) is 4.28. The molecule has 0 saturated heterocycles. The van der Waals surface area contributed by atoms with E-state index in [-0.39, 0.29) is 0 Å². The third-order valence-corrected chi connectivity index (χ3v) is 1.91. The molecule has 0 radical (unpaired) electrons. The van der Waals surface area contributed by atoms with Crippen molar-refractivity contribution in [3.63, 3.8) is 0 Å². The molecule has 13 heavy (non-hydrogen) atoms. The summed E-state index contributed by atoms with van der Waals surface area (Å²) in [6.07, 6.45) is 2.40. The molecular weight excluding hydrogens is 164 g/mol. The average Bonchev–Trinajstić information content (AvgIpc) is 2.55. The number of rotatable bonds is 1.